The Kier molecular flexibility index (Phi) is 21.4. The topological polar surface area (TPSA) is 482 Å². The van der Waals surface area contributed by atoms with Crippen LogP contribution in [0.25, 0.3) is 0 Å². The van der Waals surface area contributed by atoms with Gasteiger partial charge in [0.15, 0.2) is 12.4 Å². The van der Waals surface area contributed by atoms with Gasteiger partial charge in [0.05, 0.1) is 19.8 Å². The summed E-state index contributed by atoms with van der Waals surface area (Å²) >= 11 is 0. The summed E-state index contributed by atoms with van der Waals surface area (Å²) in [4.78, 5) is 0. The Bertz CT molecular complexity index is 2000. The van der Waals surface area contributed by atoms with Crippen LogP contribution in [0.15, 0.2) is 0 Å². The van der Waals surface area contributed by atoms with E-state index in [0.717, 1.165) is 0 Å². The maximum atomic E-state index is 11.7. The smallest absolute Gasteiger partial charge is 0.376 e. The number of hydrogen-bond donors (Lipinski definition) is 7. The molecule has 1 rings (SSSR count). The predicted molar refractivity (Wildman–Crippen MR) is 153 cm³/mol. The van der Waals surface area contributed by atoms with Crippen molar-refractivity contribution in [2.75, 3.05) is 34.0 Å². The number of methoxy groups -OCH3 is 2. The summed E-state index contributed by atoms with van der Waals surface area (Å²) in [7, 11) is -39.0. The third-order valence-electron chi connectivity index (χ3n) is 5.57. The Balaban J connectivity index is 0.0000281. The van der Waals surface area contributed by atoms with Crippen LogP contribution in [0.4, 0.5) is 0 Å². The molecule has 1 saturated heterocycles. The summed E-state index contributed by atoms with van der Waals surface area (Å²) in [6.07, 6.45) is -24.4. The molecule has 318 valence electrons. The molecule has 0 aromatic heterocycles. The van der Waals surface area contributed by atoms with E-state index in [9.17, 15) is 77.1 Å². The molecule has 0 spiro atoms. The molecule has 0 amide bonds. The SMILES string of the molecule is CO[C@@H]([C@H](OC)[C@@H](COS(=O)(=O)O)OS(=O)(=O)O)[C@@H](CO[C@@H]1O[C@H](COS(=O)(=O)O)[C@@H](OS(=O)(=O)O)[C@H](OS(=O)(=O)O)[C@H]1OS(=O)(=O)O)OS(=O)(=O)O.[K+]. The van der Waals surface area contributed by atoms with Gasteiger partial charge in [0.25, 0.3) is 0 Å². The minimum Gasteiger partial charge on any atom is -0.376 e. The second kappa shape index (κ2) is 21.2. The van der Waals surface area contributed by atoms with Gasteiger partial charge in [-0.3, -0.25) is 31.9 Å². The molecule has 9 atom stereocenters. The Hall–Kier alpha value is 0.566. The first-order chi connectivity index (χ1) is 23.5. The van der Waals surface area contributed by atoms with Crippen LogP contribution in [0, 0.1) is 0 Å². The zero-order chi connectivity index (χ0) is 41.6. The fourth-order valence-electron chi connectivity index (χ4n) is 4.05. The van der Waals surface area contributed by atoms with Gasteiger partial charge in [-0.25, -0.2) is 29.3 Å². The van der Waals surface area contributed by atoms with Crippen LogP contribution in [-0.2, 0) is 121 Å². The molecular weight excluding hydrogens is 944 g/mol. The summed E-state index contributed by atoms with van der Waals surface area (Å²) in [5.74, 6) is 0. The van der Waals surface area contributed by atoms with Crippen molar-refractivity contribution in [3.8, 4) is 0 Å². The molecule has 1 fully saturated rings. The van der Waals surface area contributed by atoms with Crippen LogP contribution >= 0.6 is 0 Å². The minimum atomic E-state index is -5.98. The van der Waals surface area contributed by atoms with Gasteiger partial charge in [-0.15, -0.1) is 0 Å². The standard InChI is InChI=1S/C14H28O32S7.K/c1-36-9(10(37-2)8(43-50(24,25)26)5-40-48(18,19)20)7(42-49(21,22)23)3-38-14-13(46-53(33,34)35)12(45-52(30,31)32)11(44-51(27,28)29)6(41-14)4-39-47(15,16)17;/h6-14H,3-5H2,1-2H3,(H,15,16,17)(H,18,19,20)(H,21,22,23)(H,24,25,26)(H,27,28,29)(H,30,31,32)(H,33,34,35);/q;+1/t6-,7-,8-,9-,10-,11-,12+,13-,14-;/m1./s1. The summed E-state index contributed by atoms with van der Waals surface area (Å²) in [6, 6.07) is 0. The maximum Gasteiger partial charge on any atom is 1.00 e. The molecule has 0 saturated carbocycles. The van der Waals surface area contributed by atoms with Crippen molar-refractivity contribution in [3.63, 3.8) is 0 Å². The summed E-state index contributed by atoms with van der Waals surface area (Å²) in [5, 5.41) is 0. The molecule has 54 heavy (non-hydrogen) atoms. The number of hydrogen-bond acceptors (Lipinski definition) is 25. The zero-order valence-corrected chi connectivity index (χ0v) is 35.4. The van der Waals surface area contributed by atoms with Gasteiger partial charge < -0.3 is 18.9 Å². The third kappa shape index (κ3) is 22.6. The molecule has 1 aliphatic rings. The van der Waals surface area contributed by atoms with E-state index in [1.54, 1.807) is 0 Å². The molecule has 0 aliphatic carbocycles. The second-order valence-corrected chi connectivity index (χ2v) is 16.7. The molecule has 0 aromatic carbocycles. The quantitative estimate of drug-likeness (QED) is 0.0349. The molecule has 1 heterocycles. The van der Waals surface area contributed by atoms with E-state index < -0.39 is 148 Å². The number of rotatable bonds is 24. The molecule has 1 aliphatic heterocycles. The minimum absolute atomic E-state index is 0. The first-order valence-electron chi connectivity index (χ1n) is 12.4. The van der Waals surface area contributed by atoms with Crippen LogP contribution < -0.4 is 51.4 Å². The van der Waals surface area contributed by atoms with Gasteiger partial charge in [-0.1, -0.05) is 0 Å². The third-order valence-corrected chi connectivity index (χ3v) is 8.81. The van der Waals surface area contributed by atoms with E-state index in [4.69, 9.17) is 32.6 Å². The van der Waals surface area contributed by atoms with E-state index in [-0.39, 0.29) is 51.4 Å². The van der Waals surface area contributed by atoms with E-state index in [2.05, 4.69) is 29.3 Å². The molecule has 0 radical (unpaired) electrons. The largest absolute Gasteiger partial charge is 1.00 e. The van der Waals surface area contributed by atoms with E-state index in [1.807, 2.05) is 0 Å². The van der Waals surface area contributed by atoms with E-state index in [0.29, 0.717) is 14.2 Å². The van der Waals surface area contributed by atoms with E-state index in [1.165, 1.54) is 0 Å². The molecule has 0 bridgehead atoms. The summed E-state index contributed by atoms with van der Waals surface area (Å²) < 4.78 is 274. The van der Waals surface area contributed by atoms with Gasteiger partial charge >= 0.3 is 124 Å². The van der Waals surface area contributed by atoms with Gasteiger partial charge in [0.2, 0.25) is 0 Å². The Morgan fingerprint density at radius 2 is 0.870 bits per heavy atom. The normalized spacial score (nSPS) is 24.6. The Morgan fingerprint density at radius 1 is 0.500 bits per heavy atom. The van der Waals surface area contributed by atoms with Crippen molar-refractivity contribution in [1.82, 2.24) is 0 Å². The van der Waals surface area contributed by atoms with Crippen molar-refractivity contribution < 1.29 is 190 Å². The zero-order valence-electron chi connectivity index (χ0n) is 26.5. The van der Waals surface area contributed by atoms with Gasteiger partial charge in [0.1, 0.15) is 42.7 Å². The van der Waals surface area contributed by atoms with Gasteiger partial charge in [0, 0.05) is 14.2 Å². The fraction of sp³-hybridized carbons (Fsp3) is 1.00. The van der Waals surface area contributed by atoms with Crippen LogP contribution in [0.3, 0.4) is 0 Å². The molecule has 32 nitrogen and oxygen atoms in total. The van der Waals surface area contributed by atoms with Gasteiger partial charge in [-0.2, -0.15) is 58.9 Å². The van der Waals surface area contributed by atoms with Crippen LogP contribution in [-0.4, -0.2) is 180 Å². The summed E-state index contributed by atoms with van der Waals surface area (Å²) in [6.45, 7) is -5.02. The number of ether oxygens (including phenoxy) is 4. The average Bonchev–Trinajstić information content (AvgIpc) is 2.89. The van der Waals surface area contributed by atoms with Crippen molar-refractivity contribution in [2.24, 2.45) is 0 Å². The fourth-order valence-corrected chi connectivity index (χ4v) is 7.12. The van der Waals surface area contributed by atoms with Crippen molar-refractivity contribution >= 4 is 72.8 Å². The van der Waals surface area contributed by atoms with Crippen LogP contribution in [0.5, 0.6) is 0 Å². The monoisotopic (exact) mass is 971 g/mol. The maximum absolute atomic E-state index is 11.7. The summed E-state index contributed by atoms with van der Waals surface area (Å²) in [5.41, 5.74) is 0. The predicted octanol–water partition coefficient (Wildman–Crippen LogP) is -8.66. The van der Waals surface area contributed by atoms with Crippen LogP contribution in [0.2, 0.25) is 0 Å². The first-order valence-corrected chi connectivity index (χ1v) is 21.9. The Labute approximate surface area is 349 Å². The average molecular weight is 972 g/mol. The Morgan fingerprint density at radius 3 is 1.22 bits per heavy atom. The van der Waals surface area contributed by atoms with Crippen molar-refractivity contribution in [1.29, 1.82) is 0 Å². The van der Waals surface area contributed by atoms with E-state index >= 15 is 0 Å². The second-order valence-electron chi connectivity index (χ2n) is 9.29. The van der Waals surface area contributed by atoms with Crippen molar-refractivity contribution in [3.05, 3.63) is 0 Å². The molecular formula is C14H28KO32S7+. The molecule has 7 N–H and O–H groups in total. The molecule has 40 heteroatoms. The van der Waals surface area contributed by atoms with Gasteiger partial charge in [-0.05, 0) is 0 Å². The molecule has 0 aromatic rings. The first kappa shape index (κ1) is 54.6. The molecule has 0 unspecified atom stereocenters. The van der Waals surface area contributed by atoms with Crippen LogP contribution in [0.1, 0.15) is 0 Å². The van der Waals surface area contributed by atoms with Crippen molar-refractivity contribution in [2.45, 2.75) is 55.1 Å².